The highest BCUT2D eigenvalue weighted by molar-refractivity contribution is 6.06. The molecule has 1 aromatic heterocycles. The van der Waals surface area contributed by atoms with Crippen molar-refractivity contribution >= 4 is 22.4 Å². The molecule has 0 atom stereocenters. The fraction of sp³-hybridized carbons (Fsp3) is 0.360. The van der Waals surface area contributed by atoms with E-state index >= 15 is 0 Å². The van der Waals surface area contributed by atoms with E-state index in [2.05, 4.69) is 48.5 Å². The molecule has 0 bridgehead atoms. The number of aromatic nitrogens is 2. The van der Waals surface area contributed by atoms with Gasteiger partial charge in [-0.05, 0) is 36.0 Å². The Bertz CT molecular complexity index is 1170. The van der Waals surface area contributed by atoms with Crippen LogP contribution in [0.2, 0.25) is 0 Å². The van der Waals surface area contributed by atoms with Crippen LogP contribution in [0.15, 0.2) is 58.4 Å². The van der Waals surface area contributed by atoms with Crippen LogP contribution in [0.1, 0.15) is 69.1 Å². The molecule has 0 spiro atoms. The van der Waals surface area contributed by atoms with Gasteiger partial charge in [0.15, 0.2) is 5.69 Å². The Morgan fingerprint density at radius 1 is 1.06 bits per heavy atom. The van der Waals surface area contributed by atoms with Gasteiger partial charge in [0.1, 0.15) is 0 Å². The fourth-order valence-corrected chi connectivity index (χ4v) is 3.33. The summed E-state index contributed by atoms with van der Waals surface area (Å²) in [6, 6.07) is 15.2. The number of hydrazone groups is 1. The number of amides is 1. The van der Waals surface area contributed by atoms with Gasteiger partial charge in [-0.25, -0.2) is 10.1 Å². The molecule has 0 radical (unpaired) electrons. The summed E-state index contributed by atoms with van der Waals surface area (Å²) in [5.41, 5.74) is 5.56. The van der Waals surface area contributed by atoms with Crippen molar-refractivity contribution in [1.29, 1.82) is 0 Å². The van der Waals surface area contributed by atoms with Gasteiger partial charge in [-0.15, -0.1) is 0 Å². The van der Waals surface area contributed by atoms with Crippen molar-refractivity contribution in [1.82, 2.24) is 15.2 Å². The van der Waals surface area contributed by atoms with Gasteiger partial charge in [-0.3, -0.25) is 9.59 Å². The number of hydrogen-bond acceptors (Lipinski definition) is 4. The van der Waals surface area contributed by atoms with E-state index in [1.54, 1.807) is 24.3 Å². The van der Waals surface area contributed by atoms with Gasteiger partial charge in [0.05, 0.1) is 11.1 Å². The molecule has 0 aliphatic carbocycles. The monoisotopic (exact) mass is 418 g/mol. The molecule has 1 heterocycles. The normalized spacial score (nSPS) is 12.2. The second-order valence-corrected chi connectivity index (χ2v) is 8.74. The maximum Gasteiger partial charge on any atom is 0.292 e. The number of rotatable bonds is 6. The van der Waals surface area contributed by atoms with Gasteiger partial charge in [-0.1, -0.05) is 76.6 Å². The van der Waals surface area contributed by atoms with Gasteiger partial charge in [0.2, 0.25) is 0 Å². The lowest BCUT2D eigenvalue weighted by atomic mass is 9.86. The minimum absolute atomic E-state index is 0.0748. The quantitative estimate of drug-likeness (QED) is 0.468. The smallest absolute Gasteiger partial charge is 0.267 e. The van der Waals surface area contributed by atoms with E-state index in [0.29, 0.717) is 23.0 Å². The second-order valence-electron chi connectivity index (χ2n) is 8.74. The van der Waals surface area contributed by atoms with E-state index in [4.69, 9.17) is 0 Å². The Balaban J connectivity index is 1.89. The maximum absolute atomic E-state index is 12.9. The molecule has 0 unspecified atom stereocenters. The Morgan fingerprint density at radius 3 is 2.32 bits per heavy atom. The molecule has 6 heteroatoms. The minimum Gasteiger partial charge on any atom is -0.267 e. The standard InChI is InChI=1S/C25H30N4O2/c1-6-7-16-29-24(31)21-11-9-8-10-20(21)22(28-29)23(30)27-26-17(2)18-12-14-19(15-13-18)25(3,4)5/h8-15H,6-7,16H2,1-5H3,(H,27,30)/b26-17-. The first kappa shape index (κ1) is 22.4. The van der Waals surface area contributed by atoms with Crippen LogP contribution in [0.5, 0.6) is 0 Å². The van der Waals surface area contributed by atoms with E-state index in [9.17, 15) is 9.59 Å². The first-order valence-electron chi connectivity index (χ1n) is 10.7. The van der Waals surface area contributed by atoms with Crippen molar-refractivity contribution in [2.75, 3.05) is 0 Å². The number of benzene rings is 2. The summed E-state index contributed by atoms with van der Waals surface area (Å²) < 4.78 is 1.38. The molecule has 0 aliphatic heterocycles. The first-order chi connectivity index (χ1) is 14.7. The molecule has 3 aromatic rings. The number of carbonyl (C=O) groups excluding carboxylic acids is 1. The van der Waals surface area contributed by atoms with Crippen LogP contribution in [0.3, 0.4) is 0 Å². The highest BCUT2D eigenvalue weighted by atomic mass is 16.2. The molecule has 162 valence electrons. The average Bonchev–Trinajstić information content (AvgIpc) is 2.76. The van der Waals surface area contributed by atoms with Crippen LogP contribution in [0, 0.1) is 0 Å². The van der Waals surface area contributed by atoms with Crippen molar-refractivity contribution in [3.8, 4) is 0 Å². The maximum atomic E-state index is 12.9. The lowest BCUT2D eigenvalue weighted by molar-refractivity contribution is 0.0949. The van der Waals surface area contributed by atoms with Crippen LogP contribution in [-0.4, -0.2) is 21.4 Å². The van der Waals surface area contributed by atoms with E-state index in [-0.39, 0.29) is 16.7 Å². The summed E-state index contributed by atoms with van der Waals surface area (Å²) in [6.45, 7) is 10.9. The molecule has 0 saturated carbocycles. The molecule has 1 N–H and O–H groups in total. The van der Waals surface area contributed by atoms with Crippen LogP contribution in [-0.2, 0) is 12.0 Å². The molecule has 0 aliphatic rings. The van der Waals surface area contributed by atoms with Crippen molar-refractivity contribution in [2.24, 2.45) is 5.10 Å². The number of hydrogen-bond donors (Lipinski definition) is 1. The van der Waals surface area contributed by atoms with Crippen molar-refractivity contribution in [2.45, 2.75) is 59.4 Å². The van der Waals surface area contributed by atoms with Crippen LogP contribution in [0.4, 0.5) is 0 Å². The van der Waals surface area contributed by atoms with Crippen LogP contribution < -0.4 is 11.0 Å². The molecular weight excluding hydrogens is 388 g/mol. The summed E-state index contributed by atoms with van der Waals surface area (Å²) in [6.07, 6.45) is 1.74. The zero-order valence-electron chi connectivity index (χ0n) is 18.9. The predicted octanol–water partition coefficient (Wildman–Crippen LogP) is 4.65. The van der Waals surface area contributed by atoms with Crippen LogP contribution >= 0.6 is 0 Å². The number of unbranched alkanes of at least 4 members (excludes halogenated alkanes) is 1. The molecule has 0 saturated heterocycles. The van der Waals surface area contributed by atoms with Gasteiger partial charge < -0.3 is 0 Å². The van der Waals surface area contributed by atoms with E-state index in [1.165, 1.54) is 10.2 Å². The third-order valence-corrected chi connectivity index (χ3v) is 5.30. The summed E-state index contributed by atoms with van der Waals surface area (Å²) in [5, 5.41) is 9.63. The zero-order valence-corrected chi connectivity index (χ0v) is 18.9. The van der Waals surface area contributed by atoms with E-state index < -0.39 is 5.91 Å². The molecule has 2 aromatic carbocycles. The summed E-state index contributed by atoms with van der Waals surface area (Å²) in [5.74, 6) is -0.438. The number of nitrogens with one attached hydrogen (secondary N) is 1. The average molecular weight is 419 g/mol. The largest absolute Gasteiger partial charge is 0.292 e. The summed E-state index contributed by atoms with van der Waals surface area (Å²) >= 11 is 0. The zero-order chi connectivity index (χ0) is 22.6. The lowest BCUT2D eigenvalue weighted by Gasteiger charge is -2.19. The topological polar surface area (TPSA) is 76.3 Å². The predicted molar refractivity (Wildman–Crippen MR) is 126 cm³/mol. The molecule has 3 rings (SSSR count). The van der Waals surface area contributed by atoms with Gasteiger partial charge in [0, 0.05) is 11.9 Å². The molecule has 1 amide bonds. The number of nitrogens with zero attached hydrogens (tertiary/aromatic N) is 3. The second kappa shape index (κ2) is 9.25. The van der Waals surface area contributed by atoms with Crippen molar-refractivity contribution in [3.63, 3.8) is 0 Å². The Morgan fingerprint density at radius 2 is 1.71 bits per heavy atom. The fourth-order valence-electron chi connectivity index (χ4n) is 3.33. The molecular formula is C25H30N4O2. The highest BCUT2D eigenvalue weighted by Gasteiger charge is 2.17. The first-order valence-corrected chi connectivity index (χ1v) is 10.7. The van der Waals surface area contributed by atoms with Gasteiger partial charge in [-0.2, -0.15) is 10.2 Å². The van der Waals surface area contributed by atoms with Crippen LogP contribution in [0.25, 0.3) is 10.8 Å². The van der Waals surface area contributed by atoms with Crippen molar-refractivity contribution < 1.29 is 4.79 Å². The molecule has 31 heavy (non-hydrogen) atoms. The van der Waals surface area contributed by atoms with Crippen molar-refractivity contribution in [3.05, 3.63) is 75.7 Å². The highest BCUT2D eigenvalue weighted by Crippen LogP contribution is 2.22. The third-order valence-electron chi connectivity index (χ3n) is 5.30. The third kappa shape index (κ3) is 5.08. The summed E-state index contributed by atoms with van der Waals surface area (Å²) in [7, 11) is 0. The Kier molecular flexibility index (Phi) is 6.68. The number of aryl methyl sites for hydroxylation is 1. The SMILES string of the molecule is CCCCn1nc(C(=O)N/N=C(/C)c2ccc(C(C)(C)C)cc2)c2ccccc2c1=O. The Labute approximate surface area is 183 Å². The van der Waals surface area contributed by atoms with E-state index in [0.717, 1.165) is 18.4 Å². The minimum atomic E-state index is -0.438. The molecule has 0 fully saturated rings. The number of fused-ring (bicyclic) bond motifs is 1. The van der Waals surface area contributed by atoms with Gasteiger partial charge in [0.25, 0.3) is 11.5 Å². The Hall–Kier alpha value is -3.28. The van der Waals surface area contributed by atoms with Gasteiger partial charge >= 0.3 is 0 Å². The molecule has 6 nitrogen and oxygen atoms in total. The number of carbonyl (C=O) groups is 1. The lowest BCUT2D eigenvalue weighted by Crippen LogP contribution is -2.29. The summed E-state index contributed by atoms with van der Waals surface area (Å²) in [4.78, 5) is 25.6. The van der Waals surface area contributed by atoms with E-state index in [1.807, 2.05) is 26.0 Å².